The van der Waals surface area contributed by atoms with Gasteiger partial charge in [-0.25, -0.2) is 0 Å². The van der Waals surface area contributed by atoms with E-state index in [0.717, 1.165) is 110 Å². The number of rotatable bonds is 54. The van der Waals surface area contributed by atoms with Crippen molar-refractivity contribution in [3.8, 4) is 0 Å². The zero-order valence-corrected chi connectivity index (χ0v) is 48.3. The van der Waals surface area contributed by atoms with Crippen molar-refractivity contribution in [3.05, 3.63) is 0 Å². The van der Waals surface area contributed by atoms with Crippen LogP contribution in [0.2, 0.25) is 0 Å². The average Bonchev–Trinajstić information content (AvgIpc) is 3.30. The van der Waals surface area contributed by atoms with Crippen LogP contribution in [0.3, 0.4) is 0 Å². The smallest absolute Gasteiger partial charge is 0.0667 e. The lowest BCUT2D eigenvalue weighted by atomic mass is 10.0. The van der Waals surface area contributed by atoms with E-state index >= 15 is 0 Å². The summed E-state index contributed by atoms with van der Waals surface area (Å²) in [7, 11) is 0. The predicted molar refractivity (Wildman–Crippen MR) is 304 cm³/mol. The van der Waals surface area contributed by atoms with Gasteiger partial charge in [0.25, 0.3) is 0 Å². The fourth-order valence-electron chi connectivity index (χ4n) is 9.83. The van der Waals surface area contributed by atoms with Gasteiger partial charge in [-0.05, 0) is 64.5 Å². The Kier molecular flexibility index (Phi) is 56.8. The molecule has 0 rings (SSSR count). The van der Waals surface area contributed by atoms with E-state index in [1.807, 2.05) is 6.92 Å². The first-order valence-corrected chi connectivity index (χ1v) is 31.0. The molecule has 0 bridgehead atoms. The topological polar surface area (TPSA) is 111 Å². The second-order valence-electron chi connectivity index (χ2n) is 22.5. The molecule has 8 heteroatoms. The second-order valence-corrected chi connectivity index (χ2v) is 22.5. The Morgan fingerprint density at radius 1 is 0.246 bits per heavy atom. The van der Waals surface area contributed by atoms with E-state index in [2.05, 4.69) is 63.2 Å². The molecule has 8 nitrogen and oxygen atoms in total. The summed E-state index contributed by atoms with van der Waals surface area (Å²) >= 11 is 0. The zero-order valence-electron chi connectivity index (χ0n) is 48.3. The van der Waals surface area contributed by atoms with Crippen molar-refractivity contribution in [2.75, 3.05) is 58.9 Å². The van der Waals surface area contributed by atoms with Crippen molar-refractivity contribution in [1.29, 1.82) is 0 Å². The van der Waals surface area contributed by atoms with Crippen LogP contribution < -0.4 is 0 Å². The number of hydrogen-bond acceptors (Lipinski definition) is 8. The summed E-state index contributed by atoms with van der Waals surface area (Å²) in [6.07, 6.45) is 45.8. The van der Waals surface area contributed by atoms with E-state index in [1.54, 1.807) is 0 Å². The van der Waals surface area contributed by atoms with Crippen molar-refractivity contribution in [3.63, 3.8) is 0 Å². The first-order valence-electron chi connectivity index (χ1n) is 31.0. The van der Waals surface area contributed by atoms with Gasteiger partial charge in [0, 0.05) is 45.8 Å². The van der Waals surface area contributed by atoms with Crippen LogP contribution in [-0.2, 0) is 0 Å². The van der Waals surface area contributed by atoms with E-state index in [0.29, 0.717) is 19.0 Å². The molecule has 0 fully saturated rings. The lowest BCUT2D eigenvalue weighted by molar-refractivity contribution is 0.0557. The lowest BCUT2D eigenvalue weighted by Gasteiger charge is -2.30. The Morgan fingerprint density at radius 3 is 0.754 bits per heavy atom. The van der Waals surface area contributed by atoms with Gasteiger partial charge in [0.15, 0.2) is 0 Å². The fourth-order valence-corrected chi connectivity index (χ4v) is 9.83. The third-order valence-electron chi connectivity index (χ3n) is 14.3. The molecule has 69 heavy (non-hydrogen) atoms. The van der Waals surface area contributed by atoms with E-state index in [1.165, 1.54) is 180 Å². The first-order chi connectivity index (χ1) is 33.4. The second kappa shape index (κ2) is 55.4. The Labute approximate surface area is 433 Å². The maximum absolute atomic E-state index is 10.6. The van der Waals surface area contributed by atoms with Crippen molar-refractivity contribution in [1.82, 2.24) is 14.7 Å². The molecular weight excluding hydrogens is 855 g/mol. The van der Waals surface area contributed by atoms with E-state index < -0.39 is 6.10 Å². The summed E-state index contributed by atoms with van der Waals surface area (Å²) in [5.41, 5.74) is 0. The van der Waals surface area contributed by atoms with Crippen LogP contribution in [0.5, 0.6) is 0 Å². The van der Waals surface area contributed by atoms with Crippen LogP contribution in [-0.4, -0.2) is 130 Å². The van der Waals surface area contributed by atoms with E-state index in [4.69, 9.17) is 0 Å². The maximum atomic E-state index is 10.6. The molecule has 0 aromatic heterocycles. The molecule has 5 unspecified atom stereocenters. The van der Waals surface area contributed by atoms with Crippen molar-refractivity contribution in [2.24, 2.45) is 5.92 Å². The third-order valence-corrected chi connectivity index (χ3v) is 14.3. The van der Waals surface area contributed by atoms with Gasteiger partial charge in [-0.1, -0.05) is 254 Å². The average molecular weight is 985 g/mol. The minimum Gasteiger partial charge on any atom is -0.392 e. The zero-order chi connectivity index (χ0) is 51.4. The van der Waals surface area contributed by atoms with Crippen LogP contribution in [0.4, 0.5) is 0 Å². The van der Waals surface area contributed by atoms with Crippen LogP contribution in [0.1, 0.15) is 299 Å². The number of nitrogens with zero attached hydrogens (tertiary/aromatic N) is 3. The van der Waals surface area contributed by atoms with Crippen molar-refractivity contribution < 1.29 is 25.5 Å². The molecule has 0 spiro atoms. The Bertz CT molecular complexity index is 930. The molecule has 0 aromatic carbocycles. The summed E-state index contributed by atoms with van der Waals surface area (Å²) in [5.74, 6) is 0.659. The van der Waals surface area contributed by atoms with Gasteiger partial charge in [0.1, 0.15) is 0 Å². The van der Waals surface area contributed by atoms with Crippen LogP contribution in [0.25, 0.3) is 0 Å². The molecule has 418 valence electrons. The van der Waals surface area contributed by atoms with Gasteiger partial charge in [-0.15, -0.1) is 0 Å². The van der Waals surface area contributed by atoms with Crippen molar-refractivity contribution >= 4 is 0 Å². The first kappa shape index (κ1) is 70.8. The van der Waals surface area contributed by atoms with Crippen LogP contribution in [0.15, 0.2) is 0 Å². The molecule has 0 saturated heterocycles. The largest absolute Gasteiger partial charge is 0.392 e. The van der Waals surface area contributed by atoms with Crippen LogP contribution >= 0.6 is 0 Å². The summed E-state index contributed by atoms with van der Waals surface area (Å²) in [6.45, 7) is 24.6. The number of aliphatic hydroxyl groups is 5. The Hall–Kier alpha value is -0.320. The lowest BCUT2D eigenvalue weighted by Crippen LogP contribution is -2.43. The molecule has 0 amide bonds. The summed E-state index contributed by atoms with van der Waals surface area (Å²) < 4.78 is 0. The van der Waals surface area contributed by atoms with Crippen molar-refractivity contribution in [2.45, 2.75) is 330 Å². The molecule has 0 aliphatic carbocycles. The molecule has 0 heterocycles. The maximum Gasteiger partial charge on any atom is 0.0667 e. The molecular formula is C61H129N3O5. The molecule has 0 saturated carbocycles. The molecule has 0 aliphatic rings. The highest BCUT2D eigenvalue weighted by Gasteiger charge is 2.18. The normalized spacial score (nSPS) is 14.2. The van der Waals surface area contributed by atoms with Gasteiger partial charge >= 0.3 is 0 Å². The van der Waals surface area contributed by atoms with E-state index in [-0.39, 0.29) is 24.4 Å². The number of aliphatic hydroxyl groups excluding tert-OH is 5. The highest BCUT2D eigenvalue weighted by Crippen LogP contribution is 2.17. The SMILES string of the molecule is CCCCCCCCCCC(O)CN(CCC(C)C)CC(O)CCCCCCCCCC.CCCCCCCCCCC(O)CN(CCC)CCN(CC(C)O)CC(O)CCCCCCCCCC. The Balaban J connectivity index is 0. The van der Waals surface area contributed by atoms with Gasteiger partial charge in [0.2, 0.25) is 0 Å². The molecule has 0 aromatic rings. The number of hydrogen-bond donors (Lipinski definition) is 5. The molecule has 5 N–H and O–H groups in total. The van der Waals surface area contributed by atoms with Gasteiger partial charge in [0.05, 0.1) is 30.5 Å². The Morgan fingerprint density at radius 2 is 0.493 bits per heavy atom. The summed E-state index contributed by atoms with van der Waals surface area (Å²) in [4.78, 5) is 6.91. The van der Waals surface area contributed by atoms with Gasteiger partial charge in [-0.2, -0.15) is 0 Å². The molecule has 0 aliphatic heterocycles. The molecule has 5 atom stereocenters. The monoisotopic (exact) mass is 984 g/mol. The third kappa shape index (κ3) is 55.3. The molecule has 0 radical (unpaired) electrons. The minimum absolute atomic E-state index is 0.252. The fraction of sp³-hybridized carbons (Fsp3) is 1.00. The van der Waals surface area contributed by atoms with Gasteiger partial charge < -0.3 is 25.5 Å². The number of unbranched alkanes of at least 4 members (excludes halogenated alkanes) is 28. The van der Waals surface area contributed by atoms with Gasteiger partial charge in [-0.3, -0.25) is 14.7 Å². The highest BCUT2D eigenvalue weighted by atomic mass is 16.3. The summed E-state index contributed by atoms with van der Waals surface area (Å²) in [6, 6.07) is 0. The van der Waals surface area contributed by atoms with Crippen LogP contribution in [0, 0.1) is 5.92 Å². The standard InChI is InChI=1S/C32H68N2O3.C29H61NO2/c1-5-8-10-12-14-16-18-20-22-31(36)28-33(24-7-3)25-26-34(27-30(4)35)29-32(37)23-21-19-17-15-13-11-9-6-2;1-5-7-9-11-13-15-17-19-21-28(31)25-30(24-23-27(3)4)26-29(32)22-20-18-16-14-12-10-8-6-2/h30-32,35-37H,5-29H2,1-4H3;27-29,31-32H,5-26H2,1-4H3. The van der Waals surface area contributed by atoms with E-state index in [9.17, 15) is 25.5 Å². The predicted octanol–water partition coefficient (Wildman–Crippen LogP) is 15.3. The highest BCUT2D eigenvalue weighted by molar-refractivity contribution is 4.73. The summed E-state index contributed by atoms with van der Waals surface area (Å²) in [5, 5.41) is 52.5. The quantitative estimate of drug-likeness (QED) is 0.0383. The minimum atomic E-state index is -0.400.